The van der Waals surface area contributed by atoms with Gasteiger partial charge in [0, 0.05) is 24.2 Å². The molecule has 2 N–H and O–H groups in total. The van der Waals surface area contributed by atoms with Crippen molar-refractivity contribution in [3.05, 3.63) is 60.3 Å². The first kappa shape index (κ1) is 18.2. The summed E-state index contributed by atoms with van der Waals surface area (Å²) in [5, 5.41) is 6.44. The van der Waals surface area contributed by atoms with Crippen molar-refractivity contribution in [2.24, 2.45) is 0 Å². The second kappa shape index (κ2) is 7.74. The second-order valence-corrected chi connectivity index (χ2v) is 5.98. The summed E-state index contributed by atoms with van der Waals surface area (Å²) in [7, 11) is 1.32. The lowest BCUT2D eigenvalue weighted by molar-refractivity contribution is -0.116. The number of nitrogens with zero attached hydrogens (tertiary/aromatic N) is 1. The molecule has 0 saturated heterocycles. The van der Waals surface area contributed by atoms with Crippen molar-refractivity contribution in [3.63, 3.8) is 0 Å². The average Bonchev–Trinajstić information content (AvgIpc) is 3.05. The van der Waals surface area contributed by atoms with Gasteiger partial charge in [-0.3, -0.25) is 9.59 Å². The maximum atomic E-state index is 12.4. The Labute approximate surface area is 155 Å². The molecule has 0 aliphatic heterocycles. The Hall–Kier alpha value is -3.61. The highest BCUT2D eigenvalue weighted by molar-refractivity contribution is 6.01. The summed E-state index contributed by atoms with van der Waals surface area (Å²) in [5.41, 5.74) is 2.55. The molecule has 0 unspecified atom stereocenters. The fourth-order valence-corrected chi connectivity index (χ4v) is 2.82. The molecule has 7 nitrogen and oxygen atoms in total. The van der Waals surface area contributed by atoms with Crippen LogP contribution in [0.5, 0.6) is 0 Å². The van der Waals surface area contributed by atoms with Crippen molar-refractivity contribution in [2.45, 2.75) is 13.5 Å². The summed E-state index contributed by atoms with van der Waals surface area (Å²) in [6.07, 6.45) is 1.80. The van der Waals surface area contributed by atoms with E-state index in [1.165, 1.54) is 14.0 Å². The summed E-state index contributed by atoms with van der Waals surface area (Å²) >= 11 is 0. The number of carbonyl (C=O) groups is 3. The van der Waals surface area contributed by atoms with Crippen LogP contribution in [0.1, 0.15) is 17.3 Å². The van der Waals surface area contributed by atoms with Crippen LogP contribution < -0.4 is 10.6 Å². The number of ether oxygens (including phenoxy) is 1. The number of rotatable bonds is 5. The van der Waals surface area contributed by atoms with Gasteiger partial charge in [0.05, 0.1) is 23.9 Å². The molecule has 0 spiro atoms. The molecule has 1 heterocycles. The van der Waals surface area contributed by atoms with E-state index in [1.807, 2.05) is 24.3 Å². The standard InChI is InChI=1S/C20H19N3O4/c1-13(24)21-17-4-3-5-18-16(17)10-11-23(18)12-19(25)22-15-8-6-14(7-9-15)20(26)27-2/h3-11H,12H2,1-2H3,(H,21,24)(H,22,25). The minimum Gasteiger partial charge on any atom is -0.465 e. The largest absolute Gasteiger partial charge is 0.465 e. The number of anilines is 2. The van der Waals surface area contributed by atoms with Gasteiger partial charge in [0.2, 0.25) is 11.8 Å². The third-order valence-corrected chi connectivity index (χ3v) is 4.03. The molecule has 0 fully saturated rings. The van der Waals surface area contributed by atoms with Crippen LogP contribution in [0.3, 0.4) is 0 Å². The van der Waals surface area contributed by atoms with Gasteiger partial charge in [-0.1, -0.05) is 6.07 Å². The van der Waals surface area contributed by atoms with E-state index in [9.17, 15) is 14.4 Å². The molecular weight excluding hydrogens is 346 g/mol. The van der Waals surface area contributed by atoms with Gasteiger partial charge >= 0.3 is 5.97 Å². The van der Waals surface area contributed by atoms with Gasteiger partial charge in [0.1, 0.15) is 6.54 Å². The van der Waals surface area contributed by atoms with Gasteiger partial charge in [-0.15, -0.1) is 0 Å². The highest BCUT2D eigenvalue weighted by atomic mass is 16.5. The number of esters is 1. The maximum Gasteiger partial charge on any atom is 0.337 e. The van der Waals surface area contributed by atoms with E-state index in [2.05, 4.69) is 15.4 Å². The quantitative estimate of drug-likeness (QED) is 0.680. The van der Waals surface area contributed by atoms with Crippen molar-refractivity contribution in [2.75, 3.05) is 17.7 Å². The third kappa shape index (κ3) is 4.14. The lowest BCUT2D eigenvalue weighted by atomic mass is 10.2. The molecule has 0 aliphatic carbocycles. The monoisotopic (exact) mass is 365 g/mol. The maximum absolute atomic E-state index is 12.4. The molecule has 27 heavy (non-hydrogen) atoms. The van der Waals surface area contributed by atoms with Crippen LogP contribution in [0.4, 0.5) is 11.4 Å². The topological polar surface area (TPSA) is 89.4 Å². The number of methoxy groups -OCH3 is 1. The second-order valence-electron chi connectivity index (χ2n) is 5.98. The van der Waals surface area contributed by atoms with Gasteiger partial charge in [0.25, 0.3) is 0 Å². The Balaban J connectivity index is 1.73. The van der Waals surface area contributed by atoms with Gasteiger partial charge in [-0.05, 0) is 42.5 Å². The zero-order chi connectivity index (χ0) is 19.4. The van der Waals surface area contributed by atoms with Crippen molar-refractivity contribution >= 4 is 40.1 Å². The zero-order valence-electron chi connectivity index (χ0n) is 15.0. The number of hydrogen-bond donors (Lipinski definition) is 2. The summed E-state index contributed by atoms with van der Waals surface area (Å²) in [6, 6.07) is 13.9. The van der Waals surface area contributed by atoms with E-state index in [0.29, 0.717) is 16.9 Å². The molecule has 0 radical (unpaired) electrons. The highest BCUT2D eigenvalue weighted by Gasteiger charge is 2.10. The lowest BCUT2D eigenvalue weighted by Gasteiger charge is -2.09. The Morgan fingerprint density at radius 3 is 2.41 bits per heavy atom. The molecule has 138 valence electrons. The minimum atomic E-state index is -0.429. The minimum absolute atomic E-state index is 0.117. The summed E-state index contributed by atoms with van der Waals surface area (Å²) < 4.78 is 6.45. The Kier molecular flexibility index (Phi) is 5.21. The molecule has 0 saturated carbocycles. The van der Waals surface area contributed by atoms with Crippen LogP contribution in [0, 0.1) is 0 Å². The molecule has 1 aromatic heterocycles. The number of aromatic nitrogens is 1. The van der Waals surface area contributed by atoms with E-state index in [0.717, 1.165) is 10.9 Å². The van der Waals surface area contributed by atoms with E-state index in [1.54, 1.807) is 35.0 Å². The molecule has 0 bridgehead atoms. The average molecular weight is 365 g/mol. The van der Waals surface area contributed by atoms with Gasteiger partial charge in [-0.2, -0.15) is 0 Å². The Morgan fingerprint density at radius 1 is 1.00 bits per heavy atom. The summed E-state index contributed by atoms with van der Waals surface area (Å²) in [5.74, 6) is -0.784. The van der Waals surface area contributed by atoms with E-state index in [4.69, 9.17) is 0 Å². The van der Waals surface area contributed by atoms with Crippen LogP contribution in [-0.4, -0.2) is 29.5 Å². The first-order valence-corrected chi connectivity index (χ1v) is 8.31. The third-order valence-electron chi connectivity index (χ3n) is 4.03. The van der Waals surface area contributed by atoms with Gasteiger partial charge in [0.15, 0.2) is 0 Å². The van der Waals surface area contributed by atoms with E-state index in [-0.39, 0.29) is 18.4 Å². The fraction of sp³-hybridized carbons (Fsp3) is 0.150. The van der Waals surface area contributed by atoms with Crippen LogP contribution in [0.25, 0.3) is 10.9 Å². The van der Waals surface area contributed by atoms with Gasteiger partial charge in [-0.25, -0.2) is 4.79 Å². The number of nitrogens with one attached hydrogen (secondary N) is 2. The molecule has 3 aromatic rings. The number of fused-ring (bicyclic) bond motifs is 1. The van der Waals surface area contributed by atoms with Crippen LogP contribution >= 0.6 is 0 Å². The number of hydrogen-bond acceptors (Lipinski definition) is 4. The van der Waals surface area contributed by atoms with E-state index < -0.39 is 5.97 Å². The molecule has 2 aromatic carbocycles. The Morgan fingerprint density at radius 2 is 1.74 bits per heavy atom. The van der Waals surface area contributed by atoms with Crippen molar-refractivity contribution in [3.8, 4) is 0 Å². The van der Waals surface area contributed by atoms with Crippen molar-refractivity contribution in [1.82, 2.24) is 4.57 Å². The number of carbonyl (C=O) groups excluding carboxylic acids is 3. The predicted octanol–water partition coefficient (Wildman–Crippen LogP) is 3.03. The normalized spacial score (nSPS) is 10.4. The summed E-state index contributed by atoms with van der Waals surface area (Å²) in [4.78, 5) is 35.1. The van der Waals surface area contributed by atoms with Crippen LogP contribution in [0.15, 0.2) is 54.7 Å². The summed E-state index contributed by atoms with van der Waals surface area (Å²) in [6.45, 7) is 1.57. The zero-order valence-corrected chi connectivity index (χ0v) is 15.0. The predicted molar refractivity (Wildman–Crippen MR) is 103 cm³/mol. The first-order valence-electron chi connectivity index (χ1n) is 8.31. The van der Waals surface area contributed by atoms with E-state index >= 15 is 0 Å². The number of amides is 2. The molecule has 3 rings (SSSR count). The molecular formula is C20H19N3O4. The molecule has 0 aliphatic rings. The van der Waals surface area contributed by atoms with Crippen LogP contribution in [-0.2, 0) is 20.9 Å². The first-order chi connectivity index (χ1) is 13.0. The smallest absolute Gasteiger partial charge is 0.337 e. The Bertz CT molecular complexity index is 1010. The molecule has 2 amide bonds. The SMILES string of the molecule is COC(=O)c1ccc(NC(=O)Cn2ccc3c(NC(C)=O)cccc32)cc1. The molecule has 7 heteroatoms. The fourth-order valence-electron chi connectivity index (χ4n) is 2.82. The van der Waals surface area contributed by atoms with Crippen molar-refractivity contribution in [1.29, 1.82) is 0 Å². The van der Waals surface area contributed by atoms with Gasteiger partial charge < -0.3 is 19.9 Å². The highest BCUT2D eigenvalue weighted by Crippen LogP contribution is 2.24. The lowest BCUT2D eigenvalue weighted by Crippen LogP contribution is -2.18. The molecule has 0 atom stereocenters. The van der Waals surface area contributed by atoms with Crippen LogP contribution in [0.2, 0.25) is 0 Å². The van der Waals surface area contributed by atoms with Crippen molar-refractivity contribution < 1.29 is 19.1 Å². The number of benzene rings is 2.